The Morgan fingerprint density at radius 1 is 1.29 bits per heavy atom. The molecule has 0 bridgehead atoms. The van der Waals surface area contributed by atoms with Crippen LogP contribution in [0.2, 0.25) is 0 Å². The van der Waals surface area contributed by atoms with Gasteiger partial charge in [-0.25, -0.2) is 0 Å². The van der Waals surface area contributed by atoms with Crippen LogP contribution in [0.15, 0.2) is 36.9 Å². The number of rotatable bonds is 2. The van der Waals surface area contributed by atoms with Gasteiger partial charge in [0.1, 0.15) is 0 Å². The van der Waals surface area contributed by atoms with Crippen molar-refractivity contribution in [3.05, 3.63) is 46.1 Å². The average Bonchev–Trinajstić information content (AvgIpc) is 2.67. The molecule has 0 aromatic heterocycles. The van der Waals surface area contributed by atoms with Gasteiger partial charge >= 0.3 is 0 Å². The summed E-state index contributed by atoms with van der Waals surface area (Å²) in [6.45, 7) is 3.82. The number of hydrogen-bond donors (Lipinski definition) is 1. The van der Waals surface area contributed by atoms with E-state index >= 15 is 0 Å². The summed E-state index contributed by atoms with van der Waals surface area (Å²) in [6.07, 6.45) is 4.43. The highest BCUT2D eigenvalue weighted by Crippen LogP contribution is 2.26. The Morgan fingerprint density at radius 2 is 2.00 bits per heavy atom. The topological polar surface area (TPSA) is 12.0 Å². The standard InChI is InChI=1S/C12H14IN/c1-2-11-7-8-12(14-11)9-3-5-10(13)6-4-9/h2-6,11-12,14H,1,7-8H2/t11-,12-/m0/s1. The molecule has 2 heteroatoms. The molecule has 1 aromatic carbocycles. The van der Waals surface area contributed by atoms with Crippen LogP contribution in [0.4, 0.5) is 0 Å². The Morgan fingerprint density at radius 3 is 2.57 bits per heavy atom. The fourth-order valence-corrected chi connectivity index (χ4v) is 2.27. The summed E-state index contributed by atoms with van der Waals surface area (Å²) in [7, 11) is 0. The van der Waals surface area contributed by atoms with Gasteiger partial charge in [0.25, 0.3) is 0 Å². The lowest BCUT2D eigenvalue weighted by Gasteiger charge is -2.12. The van der Waals surface area contributed by atoms with Gasteiger partial charge in [0.05, 0.1) is 0 Å². The van der Waals surface area contributed by atoms with Gasteiger partial charge in [-0.1, -0.05) is 18.2 Å². The number of hydrogen-bond acceptors (Lipinski definition) is 1. The van der Waals surface area contributed by atoms with E-state index in [0.29, 0.717) is 12.1 Å². The van der Waals surface area contributed by atoms with E-state index in [9.17, 15) is 0 Å². The summed E-state index contributed by atoms with van der Waals surface area (Å²) in [5.74, 6) is 0. The zero-order valence-electron chi connectivity index (χ0n) is 8.04. The van der Waals surface area contributed by atoms with Crippen molar-refractivity contribution in [3.63, 3.8) is 0 Å². The van der Waals surface area contributed by atoms with Crippen molar-refractivity contribution < 1.29 is 0 Å². The molecule has 14 heavy (non-hydrogen) atoms. The van der Waals surface area contributed by atoms with Crippen molar-refractivity contribution in [3.8, 4) is 0 Å². The van der Waals surface area contributed by atoms with E-state index in [2.05, 4.69) is 58.8 Å². The molecule has 0 radical (unpaired) electrons. The van der Waals surface area contributed by atoms with Crippen LogP contribution in [0, 0.1) is 3.57 Å². The molecular weight excluding hydrogens is 285 g/mol. The highest BCUT2D eigenvalue weighted by atomic mass is 127. The lowest BCUT2D eigenvalue weighted by atomic mass is 10.1. The minimum atomic E-state index is 0.499. The molecule has 1 aliphatic heterocycles. The molecule has 74 valence electrons. The smallest absolute Gasteiger partial charge is 0.0326 e. The second-order valence-corrected chi connectivity index (χ2v) is 4.94. The molecule has 1 saturated heterocycles. The lowest BCUT2D eigenvalue weighted by molar-refractivity contribution is 0.613. The first kappa shape index (κ1) is 10.2. The molecule has 0 amide bonds. The molecule has 0 aliphatic carbocycles. The number of halogens is 1. The van der Waals surface area contributed by atoms with E-state index in [1.165, 1.54) is 22.0 Å². The molecule has 0 saturated carbocycles. The lowest BCUT2D eigenvalue weighted by Crippen LogP contribution is -2.21. The van der Waals surface area contributed by atoms with Crippen molar-refractivity contribution in [1.82, 2.24) is 5.32 Å². The second-order valence-electron chi connectivity index (χ2n) is 3.69. The maximum Gasteiger partial charge on any atom is 0.0326 e. The van der Waals surface area contributed by atoms with Gasteiger partial charge in [-0.2, -0.15) is 0 Å². The minimum absolute atomic E-state index is 0.499. The summed E-state index contributed by atoms with van der Waals surface area (Å²) >= 11 is 2.33. The molecule has 0 spiro atoms. The van der Waals surface area contributed by atoms with Crippen LogP contribution in [0.5, 0.6) is 0 Å². The molecule has 1 aromatic rings. The van der Waals surface area contributed by atoms with Gasteiger partial charge in [0.15, 0.2) is 0 Å². The molecule has 1 fully saturated rings. The van der Waals surface area contributed by atoms with Crippen molar-refractivity contribution in [2.75, 3.05) is 0 Å². The van der Waals surface area contributed by atoms with Crippen molar-refractivity contribution in [2.45, 2.75) is 24.9 Å². The van der Waals surface area contributed by atoms with Gasteiger partial charge in [-0.15, -0.1) is 6.58 Å². The maximum absolute atomic E-state index is 3.82. The number of nitrogens with one attached hydrogen (secondary N) is 1. The van der Waals surface area contributed by atoms with Gasteiger partial charge in [-0.05, 0) is 53.1 Å². The maximum atomic E-state index is 3.82. The summed E-state index contributed by atoms with van der Waals surface area (Å²) < 4.78 is 1.30. The van der Waals surface area contributed by atoms with Crippen LogP contribution in [0.1, 0.15) is 24.4 Å². The third kappa shape index (κ3) is 2.17. The van der Waals surface area contributed by atoms with Gasteiger partial charge < -0.3 is 5.32 Å². The predicted octanol–water partition coefficient (Wildman–Crippen LogP) is 3.27. The van der Waals surface area contributed by atoms with Gasteiger partial charge in [0.2, 0.25) is 0 Å². The van der Waals surface area contributed by atoms with Gasteiger partial charge in [-0.3, -0.25) is 0 Å². The van der Waals surface area contributed by atoms with E-state index in [1.54, 1.807) is 0 Å². The molecular formula is C12H14IN. The largest absolute Gasteiger partial charge is 0.304 e. The fraction of sp³-hybridized carbons (Fsp3) is 0.333. The Balaban J connectivity index is 2.09. The van der Waals surface area contributed by atoms with E-state index in [-0.39, 0.29) is 0 Å². The number of benzene rings is 1. The fourth-order valence-electron chi connectivity index (χ4n) is 1.92. The average molecular weight is 299 g/mol. The van der Waals surface area contributed by atoms with Gasteiger partial charge in [0, 0.05) is 15.7 Å². The van der Waals surface area contributed by atoms with Crippen LogP contribution in [0.25, 0.3) is 0 Å². The highest BCUT2D eigenvalue weighted by molar-refractivity contribution is 14.1. The van der Waals surface area contributed by atoms with E-state index in [1.807, 2.05) is 6.08 Å². The molecule has 1 N–H and O–H groups in total. The Labute approximate surface area is 98.7 Å². The molecule has 1 aliphatic rings. The molecule has 2 rings (SSSR count). The molecule has 2 atom stereocenters. The first-order valence-corrected chi connectivity index (χ1v) is 6.01. The van der Waals surface area contributed by atoms with E-state index in [4.69, 9.17) is 0 Å². The SMILES string of the molecule is C=C[C@H]1CC[C@@H](c2ccc(I)cc2)N1. The van der Waals surface area contributed by atoms with Crippen LogP contribution in [-0.4, -0.2) is 6.04 Å². The highest BCUT2D eigenvalue weighted by Gasteiger charge is 2.22. The first-order valence-electron chi connectivity index (χ1n) is 4.93. The van der Waals surface area contributed by atoms with Crippen LogP contribution >= 0.6 is 22.6 Å². The third-order valence-corrected chi connectivity index (χ3v) is 3.46. The monoisotopic (exact) mass is 299 g/mol. The zero-order chi connectivity index (χ0) is 9.97. The van der Waals surface area contributed by atoms with Crippen molar-refractivity contribution in [1.29, 1.82) is 0 Å². The van der Waals surface area contributed by atoms with E-state index in [0.717, 1.165) is 0 Å². The summed E-state index contributed by atoms with van der Waals surface area (Å²) in [4.78, 5) is 0. The quantitative estimate of drug-likeness (QED) is 0.653. The first-order chi connectivity index (χ1) is 6.79. The summed E-state index contributed by atoms with van der Waals surface area (Å²) in [6, 6.07) is 9.78. The predicted molar refractivity (Wildman–Crippen MR) is 68.3 cm³/mol. The van der Waals surface area contributed by atoms with Crippen LogP contribution in [0.3, 0.4) is 0 Å². The van der Waals surface area contributed by atoms with Crippen molar-refractivity contribution in [2.24, 2.45) is 0 Å². The van der Waals surface area contributed by atoms with Crippen LogP contribution in [-0.2, 0) is 0 Å². The normalized spacial score (nSPS) is 26.4. The minimum Gasteiger partial charge on any atom is -0.304 e. The zero-order valence-corrected chi connectivity index (χ0v) is 10.2. The summed E-state index contributed by atoms with van der Waals surface area (Å²) in [5.41, 5.74) is 1.40. The van der Waals surface area contributed by atoms with Crippen molar-refractivity contribution >= 4 is 22.6 Å². The molecule has 1 nitrogen and oxygen atoms in total. The molecule has 1 heterocycles. The van der Waals surface area contributed by atoms with Crippen LogP contribution < -0.4 is 5.32 Å². The third-order valence-electron chi connectivity index (χ3n) is 2.74. The molecule has 0 unspecified atom stereocenters. The Bertz CT molecular complexity index is 318. The summed E-state index contributed by atoms with van der Waals surface area (Å²) in [5, 5.41) is 3.56. The van der Waals surface area contributed by atoms with E-state index < -0.39 is 0 Å². The Kier molecular flexibility index (Phi) is 3.23. The Hall–Kier alpha value is -0.350. The second kappa shape index (κ2) is 4.45.